The van der Waals surface area contributed by atoms with Crippen molar-refractivity contribution in [2.45, 2.75) is 47.0 Å². The van der Waals surface area contributed by atoms with Gasteiger partial charge in [-0.3, -0.25) is 0 Å². The van der Waals surface area contributed by atoms with Gasteiger partial charge in [0.1, 0.15) is 12.0 Å². The smallest absolute Gasteiger partial charge is 0.262 e. The summed E-state index contributed by atoms with van der Waals surface area (Å²) < 4.78 is 5.92. The first kappa shape index (κ1) is 19.3. The zero-order valence-electron chi connectivity index (χ0n) is 15.1. The molecule has 0 bridgehead atoms. The first-order valence-electron chi connectivity index (χ1n) is 8.45. The molecule has 1 heterocycles. The summed E-state index contributed by atoms with van der Waals surface area (Å²) in [6.07, 6.45) is 3.06. The summed E-state index contributed by atoms with van der Waals surface area (Å²) in [5.74, 6) is 0.851. The van der Waals surface area contributed by atoms with Crippen LogP contribution in [-0.2, 0) is 11.2 Å². The summed E-state index contributed by atoms with van der Waals surface area (Å²) in [7, 11) is 0. The highest BCUT2D eigenvalue weighted by atomic mass is 35.5. The number of aromatic nitrogens is 1. The lowest BCUT2D eigenvalue weighted by Crippen LogP contribution is -2.03. The molecule has 0 spiro atoms. The highest BCUT2D eigenvalue weighted by Crippen LogP contribution is 2.37. The molecule has 1 atom stereocenters. The Morgan fingerprint density at radius 1 is 1.24 bits per heavy atom. The van der Waals surface area contributed by atoms with Crippen LogP contribution in [0.3, 0.4) is 0 Å². The van der Waals surface area contributed by atoms with Gasteiger partial charge in [-0.15, -0.1) is 0 Å². The molecule has 5 heteroatoms. The fourth-order valence-corrected chi connectivity index (χ4v) is 3.16. The molecule has 134 valence electrons. The van der Waals surface area contributed by atoms with Crippen molar-refractivity contribution in [1.82, 2.24) is 4.98 Å². The maximum absolute atomic E-state index is 11.0. The van der Waals surface area contributed by atoms with Crippen molar-refractivity contribution in [3.8, 4) is 17.4 Å². The highest BCUT2D eigenvalue weighted by molar-refractivity contribution is 6.30. The van der Waals surface area contributed by atoms with Crippen LogP contribution in [0.4, 0.5) is 0 Å². The van der Waals surface area contributed by atoms with E-state index in [0.29, 0.717) is 23.6 Å². The van der Waals surface area contributed by atoms with Gasteiger partial charge >= 0.3 is 0 Å². The van der Waals surface area contributed by atoms with E-state index in [1.807, 2.05) is 45.9 Å². The van der Waals surface area contributed by atoms with Gasteiger partial charge in [-0.25, -0.2) is 4.98 Å². The van der Waals surface area contributed by atoms with Gasteiger partial charge in [-0.2, -0.15) is 0 Å². The number of hydrogen-bond donors (Lipinski definition) is 1. The zero-order chi connectivity index (χ0) is 18.6. The summed E-state index contributed by atoms with van der Waals surface area (Å²) in [6, 6.07) is 5.46. The number of carbonyl (C=O) groups excluding carboxylic acids is 1. The van der Waals surface area contributed by atoms with Crippen LogP contribution in [-0.4, -0.2) is 16.4 Å². The minimum atomic E-state index is -0.00186. The number of benzene rings is 1. The molecule has 1 unspecified atom stereocenters. The minimum absolute atomic E-state index is 0.00186. The number of pyridine rings is 1. The van der Waals surface area contributed by atoms with Crippen LogP contribution in [0.5, 0.6) is 17.4 Å². The van der Waals surface area contributed by atoms with Gasteiger partial charge in [-0.1, -0.05) is 18.5 Å². The van der Waals surface area contributed by atoms with Gasteiger partial charge < -0.3 is 14.6 Å². The number of aromatic hydroxyl groups is 1. The Morgan fingerprint density at radius 2 is 1.88 bits per heavy atom. The van der Waals surface area contributed by atoms with Crippen LogP contribution in [0.15, 0.2) is 18.2 Å². The molecule has 1 aromatic carbocycles. The number of aryl methyl sites for hydroxylation is 4. The summed E-state index contributed by atoms with van der Waals surface area (Å²) in [4.78, 5) is 15.3. The van der Waals surface area contributed by atoms with E-state index in [2.05, 4.69) is 4.98 Å². The van der Waals surface area contributed by atoms with Gasteiger partial charge in [0.25, 0.3) is 5.88 Å². The number of halogens is 1. The van der Waals surface area contributed by atoms with E-state index in [0.717, 1.165) is 35.1 Å². The van der Waals surface area contributed by atoms with Crippen LogP contribution in [0.25, 0.3) is 0 Å². The summed E-state index contributed by atoms with van der Waals surface area (Å²) >= 11 is 6.06. The lowest BCUT2D eigenvalue weighted by atomic mass is 9.98. The van der Waals surface area contributed by atoms with E-state index in [-0.39, 0.29) is 17.5 Å². The third kappa shape index (κ3) is 4.73. The minimum Gasteiger partial charge on any atom is -0.503 e. The predicted octanol–water partition coefficient (Wildman–Crippen LogP) is 5.32. The Morgan fingerprint density at radius 3 is 2.44 bits per heavy atom. The van der Waals surface area contributed by atoms with E-state index in [1.165, 1.54) is 0 Å². The first-order valence-corrected chi connectivity index (χ1v) is 8.82. The van der Waals surface area contributed by atoms with Crippen molar-refractivity contribution in [3.63, 3.8) is 0 Å². The predicted molar refractivity (Wildman–Crippen MR) is 99.8 cm³/mol. The molecular formula is C20H24ClNO3. The maximum Gasteiger partial charge on any atom is 0.262 e. The fourth-order valence-electron chi connectivity index (χ4n) is 2.83. The Balaban J connectivity index is 2.32. The first-order chi connectivity index (χ1) is 11.8. The number of ether oxygens (including phenoxy) is 1. The monoisotopic (exact) mass is 361 g/mol. The van der Waals surface area contributed by atoms with Crippen molar-refractivity contribution in [3.05, 3.63) is 45.6 Å². The lowest BCUT2D eigenvalue weighted by molar-refractivity contribution is -0.111. The molecule has 1 N–H and O–H groups in total. The molecule has 0 saturated carbocycles. The molecule has 0 aliphatic carbocycles. The van der Waals surface area contributed by atoms with Crippen LogP contribution in [0, 0.1) is 26.7 Å². The molecule has 0 fully saturated rings. The van der Waals surface area contributed by atoms with E-state index in [1.54, 1.807) is 0 Å². The van der Waals surface area contributed by atoms with E-state index in [4.69, 9.17) is 16.3 Å². The van der Waals surface area contributed by atoms with Crippen molar-refractivity contribution in [1.29, 1.82) is 0 Å². The molecule has 4 nitrogen and oxygen atoms in total. The SMILES string of the molecule is CCC(C=O)CCc1cc(C)nc(Oc2c(C)cc(Cl)cc2C)c1O. The number of aldehydes is 1. The van der Waals surface area contributed by atoms with Crippen LogP contribution in [0.1, 0.15) is 42.1 Å². The molecule has 0 aliphatic rings. The molecule has 0 aliphatic heterocycles. The molecule has 0 saturated heterocycles. The number of nitrogens with zero attached hydrogens (tertiary/aromatic N) is 1. The lowest BCUT2D eigenvalue weighted by Gasteiger charge is -2.15. The average molecular weight is 362 g/mol. The molecule has 25 heavy (non-hydrogen) atoms. The van der Waals surface area contributed by atoms with Crippen LogP contribution < -0.4 is 4.74 Å². The third-order valence-electron chi connectivity index (χ3n) is 4.29. The van der Waals surface area contributed by atoms with Crippen LogP contribution >= 0.6 is 11.6 Å². The van der Waals surface area contributed by atoms with Crippen molar-refractivity contribution < 1.29 is 14.6 Å². The molecule has 0 amide bonds. The Hall–Kier alpha value is -2.07. The number of hydrogen-bond acceptors (Lipinski definition) is 4. The maximum atomic E-state index is 11.0. The van der Waals surface area contributed by atoms with Crippen molar-refractivity contribution in [2.75, 3.05) is 0 Å². The summed E-state index contributed by atoms with van der Waals surface area (Å²) in [6.45, 7) is 7.64. The number of carbonyl (C=O) groups is 1. The molecular weight excluding hydrogens is 338 g/mol. The third-order valence-corrected chi connectivity index (χ3v) is 4.51. The second kappa shape index (κ2) is 8.34. The Bertz CT molecular complexity index is 751. The standard InChI is InChI=1S/C20H24ClNO3/c1-5-15(11-23)6-7-16-10-14(4)22-20(18(16)24)25-19-12(2)8-17(21)9-13(19)3/h8-11,15,24H,5-7H2,1-4H3. The largest absolute Gasteiger partial charge is 0.503 e. The van der Waals surface area contributed by atoms with Crippen molar-refractivity contribution >= 4 is 17.9 Å². The zero-order valence-corrected chi connectivity index (χ0v) is 15.9. The topological polar surface area (TPSA) is 59.4 Å². The average Bonchev–Trinajstić information content (AvgIpc) is 2.55. The van der Waals surface area contributed by atoms with E-state index in [9.17, 15) is 9.90 Å². The van der Waals surface area contributed by atoms with E-state index >= 15 is 0 Å². The number of rotatable bonds is 7. The summed E-state index contributed by atoms with van der Waals surface area (Å²) in [5.41, 5.74) is 3.25. The van der Waals surface area contributed by atoms with Crippen molar-refractivity contribution in [2.24, 2.45) is 5.92 Å². The fraction of sp³-hybridized carbons (Fsp3) is 0.400. The highest BCUT2D eigenvalue weighted by Gasteiger charge is 2.16. The second-order valence-corrected chi connectivity index (χ2v) is 6.83. The van der Waals surface area contributed by atoms with Gasteiger partial charge in [0.05, 0.1) is 0 Å². The van der Waals surface area contributed by atoms with E-state index < -0.39 is 0 Å². The van der Waals surface area contributed by atoms with Crippen LogP contribution in [0.2, 0.25) is 5.02 Å². The normalized spacial score (nSPS) is 12.0. The van der Waals surface area contributed by atoms with Gasteiger partial charge in [0.2, 0.25) is 0 Å². The van der Waals surface area contributed by atoms with Gasteiger partial charge in [0, 0.05) is 22.2 Å². The van der Waals surface area contributed by atoms with Gasteiger partial charge in [-0.05, 0) is 69.4 Å². The second-order valence-electron chi connectivity index (χ2n) is 6.39. The Kier molecular flexibility index (Phi) is 6.43. The molecule has 2 aromatic rings. The Labute approximate surface area is 153 Å². The summed E-state index contributed by atoms with van der Waals surface area (Å²) in [5, 5.41) is 11.2. The molecule has 1 aromatic heterocycles. The van der Waals surface area contributed by atoms with Gasteiger partial charge in [0.15, 0.2) is 5.75 Å². The molecule has 2 rings (SSSR count). The quantitative estimate of drug-likeness (QED) is 0.678. The molecule has 0 radical (unpaired) electrons.